The maximum atomic E-state index is 12.3. The van der Waals surface area contributed by atoms with Crippen LogP contribution in [-0.4, -0.2) is 44.0 Å². The van der Waals surface area contributed by atoms with Crippen molar-refractivity contribution in [3.63, 3.8) is 0 Å². The van der Waals surface area contributed by atoms with E-state index in [-0.39, 0.29) is 36.7 Å². The second-order valence-electron chi connectivity index (χ2n) is 7.48. The van der Waals surface area contributed by atoms with Crippen LogP contribution in [0.25, 0.3) is 0 Å². The minimum atomic E-state index is -0.337. The number of hydrogen-bond acceptors (Lipinski definition) is 5. The number of anilines is 2. The van der Waals surface area contributed by atoms with Crippen LogP contribution in [0.1, 0.15) is 26.7 Å². The van der Waals surface area contributed by atoms with E-state index in [0.29, 0.717) is 36.8 Å². The maximum absolute atomic E-state index is 12.3. The van der Waals surface area contributed by atoms with Crippen LogP contribution in [0.3, 0.4) is 0 Å². The minimum absolute atomic E-state index is 0.0787. The van der Waals surface area contributed by atoms with Gasteiger partial charge in [-0.2, -0.15) is 0 Å². The molecule has 0 unspecified atom stereocenters. The van der Waals surface area contributed by atoms with Crippen molar-refractivity contribution in [3.05, 3.63) is 48.5 Å². The van der Waals surface area contributed by atoms with E-state index in [4.69, 9.17) is 9.47 Å². The number of rotatable bonds is 10. The molecule has 1 aliphatic heterocycles. The average molecular weight is 440 g/mol. The molecule has 1 saturated heterocycles. The minimum Gasteiger partial charge on any atom is -0.494 e. The van der Waals surface area contributed by atoms with Gasteiger partial charge in [0.2, 0.25) is 11.8 Å². The number of ether oxygens (including phenoxy) is 2. The van der Waals surface area contributed by atoms with Gasteiger partial charge in [0.25, 0.3) is 5.91 Å². The molecule has 2 aromatic rings. The molecule has 0 saturated carbocycles. The highest BCUT2D eigenvalue weighted by Gasteiger charge is 2.34. The Morgan fingerprint density at radius 2 is 1.66 bits per heavy atom. The standard InChI is InChI=1S/C24H29N3O5/c1-3-13-25-24(30)17-14-23(29)27(15-17)19-7-11-21(12-8-19)32-16-22(28)26-18-5-9-20(10-6-18)31-4-2/h5-12,17H,3-4,13-16H2,1-2H3,(H,25,30)(H,26,28)/t17-/m0/s1. The number of benzene rings is 2. The fraction of sp³-hybridized carbons (Fsp3) is 0.375. The molecule has 2 N–H and O–H groups in total. The lowest BCUT2D eigenvalue weighted by molar-refractivity contribution is -0.126. The van der Waals surface area contributed by atoms with Crippen LogP contribution in [0, 0.1) is 5.92 Å². The van der Waals surface area contributed by atoms with Crippen molar-refractivity contribution in [2.45, 2.75) is 26.7 Å². The second kappa shape index (κ2) is 11.2. The van der Waals surface area contributed by atoms with E-state index in [2.05, 4.69) is 10.6 Å². The molecule has 3 rings (SSSR count). The Kier molecular flexibility index (Phi) is 8.08. The first-order valence-corrected chi connectivity index (χ1v) is 10.8. The highest BCUT2D eigenvalue weighted by Crippen LogP contribution is 2.27. The van der Waals surface area contributed by atoms with E-state index in [1.54, 1.807) is 53.4 Å². The van der Waals surface area contributed by atoms with Gasteiger partial charge in [-0.15, -0.1) is 0 Å². The molecular weight excluding hydrogens is 410 g/mol. The largest absolute Gasteiger partial charge is 0.494 e. The van der Waals surface area contributed by atoms with Gasteiger partial charge in [-0.05, 0) is 61.9 Å². The summed E-state index contributed by atoms with van der Waals surface area (Å²) < 4.78 is 10.9. The Labute approximate surface area is 187 Å². The molecule has 3 amide bonds. The quantitative estimate of drug-likeness (QED) is 0.593. The van der Waals surface area contributed by atoms with Crippen molar-refractivity contribution in [2.75, 3.05) is 36.5 Å². The monoisotopic (exact) mass is 439 g/mol. The van der Waals surface area contributed by atoms with Gasteiger partial charge in [0.1, 0.15) is 11.5 Å². The van der Waals surface area contributed by atoms with E-state index in [0.717, 1.165) is 12.2 Å². The molecule has 0 aliphatic carbocycles. The summed E-state index contributed by atoms with van der Waals surface area (Å²) >= 11 is 0. The fourth-order valence-corrected chi connectivity index (χ4v) is 3.39. The molecule has 170 valence electrons. The molecule has 32 heavy (non-hydrogen) atoms. The van der Waals surface area contributed by atoms with Crippen molar-refractivity contribution in [1.82, 2.24) is 5.32 Å². The molecule has 0 radical (unpaired) electrons. The van der Waals surface area contributed by atoms with Crippen molar-refractivity contribution in [2.24, 2.45) is 5.92 Å². The normalized spacial score (nSPS) is 15.4. The third-order valence-electron chi connectivity index (χ3n) is 5.01. The lowest BCUT2D eigenvalue weighted by atomic mass is 10.1. The molecule has 1 fully saturated rings. The molecule has 0 bridgehead atoms. The summed E-state index contributed by atoms with van der Waals surface area (Å²) in [6.45, 7) is 5.31. The van der Waals surface area contributed by atoms with Gasteiger partial charge in [0, 0.05) is 30.9 Å². The van der Waals surface area contributed by atoms with Crippen LogP contribution in [0.4, 0.5) is 11.4 Å². The topological polar surface area (TPSA) is 97.0 Å². The third-order valence-corrected chi connectivity index (χ3v) is 5.01. The molecule has 2 aromatic carbocycles. The average Bonchev–Trinajstić information content (AvgIpc) is 3.19. The van der Waals surface area contributed by atoms with Gasteiger partial charge in [-0.3, -0.25) is 14.4 Å². The lowest BCUT2D eigenvalue weighted by Crippen LogP contribution is -2.33. The van der Waals surface area contributed by atoms with Gasteiger partial charge >= 0.3 is 0 Å². The van der Waals surface area contributed by atoms with Crippen molar-refractivity contribution in [3.8, 4) is 11.5 Å². The van der Waals surface area contributed by atoms with Crippen LogP contribution < -0.4 is 25.0 Å². The zero-order valence-corrected chi connectivity index (χ0v) is 18.4. The van der Waals surface area contributed by atoms with E-state index < -0.39 is 0 Å². The number of nitrogens with one attached hydrogen (secondary N) is 2. The van der Waals surface area contributed by atoms with Gasteiger partial charge in [-0.25, -0.2) is 0 Å². The van der Waals surface area contributed by atoms with Crippen LogP contribution in [0.2, 0.25) is 0 Å². The second-order valence-corrected chi connectivity index (χ2v) is 7.48. The highest BCUT2D eigenvalue weighted by atomic mass is 16.5. The van der Waals surface area contributed by atoms with Crippen molar-refractivity contribution in [1.29, 1.82) is 0 Å². The molecule has 8 nitrogen and oxygen atoms in total. The van der Waals surface area contributed by atoms with E-state index >= 15 is 0 Å². The predicted octanol–water partition coefficient (Wildman–Crippen LogP) is 2.98. The fourth-order valence-electron chi connectivity index (χ4n) is 3.39. The molecule has 8 heteroatoms. The van der Waals surface area contributed by atoms with Crippen molar-refractivity contribution >= 4 is 29.1 Å². The van der Waals surface area contributed by atoms with E-state index in [1.165, 1.54) is 0 Å². The first-order chi connectivity index (χ1) is 15.5. The summed E-state index contributed by atoms with van der Waals surface area (Å²) in [7, 11) is 0. The van der Waals surface area contributed by atoms with Gasteiger partial charge in [0.05, 0.1) is 12.5 Å². The first kappa shape index (κ1) is 23.1. The number of hydrogen-bond donors (Lipinski definition) is 2. The van der Waals surface area contributed by atoms with Gasteiger partial charge in [0.15, 0.2) is 6.61 Å². The van der Waals surface area contributed by atoms with E-state index in [9.17, 15) is 14.4 Å². The zero-order chi connectivity index (χ0) is 22.9. The Bertz CT molecular complexity index is 928. The number of nitrogens with zero attached hydrogens (tertiary/aromatic N) is 1. The smallest absolute Gasteiger partial charge is 0.262 e. The Morgan fingerprint density at radius 3 is 2.31 bits per heavy atom. The number of amides is 3. The first-order valence-electron chi connectivity index (χ1n) is 10.8. The van der Waals surface area contributed by atoms with Crippen LogP contribution in [0.5, 0.6) is 11.5 Å². The summed E-state index contributed by atoms with van der Waals surface area (Å²) in [4.78, 5) is 38.2. The van der Waals surface area contributed by atoms with Crippen molar-refractivity contribution < 1.29 is 23.9 Å². The maximum Gasteiger partial charge on any atom is 0.262 e. The number of carbonyl (C=O) groups excluding carboxylic acids is 3. The summed E-state index contributed by atoms with van der Waals surface area (Å²) in [5, 5.41) is 5.61. The zero-order valence-electron chi connectivity index (χ0n) is 18.4. The molecule has 1 aliphatic rings. The Balaban J connectivity index is 1.48. The Morgan fingerprint density at radius 1 is 1.00 bits per heavy atom. The predicted molar refractivity (Wildman–Crippen MR) is 122 cm³/mol. The molecule has 0 spiro atoms. The van der Waals surface area contributed by atoms with Gasteiger partial charge in [-0.1, -0.05) is 6.92 Å². The summed E-state index contributed by atoms with van der Waals surface area (Å²) in [6, 6.07) is 14.0. The molecule has 1 atom stereocenters. The molecular formula is C24H29N3O5. The Hall–Kier alpha value is -3.55. The van der Waals surface area contributed by atoms with Gasteiger partial charge < -0.3 is 25.0 Å². The summed E-state index contributed by atoms with van der Waals surface area (Å²) in [5.74, 6) is 0.474. The van der Waals surface area contributed by atoms with E-state index in [1.807, 2.05) is 13.8 Å². The molecule has 1 heterocycles. The van der Waals surface area contributed by atoms with Crippen LogP contribution in [0.15, 0.2) is 48.5 Å². The highest BCUT2D eigenvalue weighted by molar-refractivity contribution is 6.00. The SMILES string of the molecule is CCCNC(=O)[C@H]1CC(=O)N(c2ccc(OCC(=O)Nc3ccc(OCC)cc3)cc2)C1. The van der Waals surface area contributed by atoms with Crippen LogP contribution >= 0.6 is 0 Å². The lowest BCUT2D eigenvalue weighted by Gasteiger charge is -2.17. The summed E-state index contributed by atoms with van der Waals surface area (Å²) in [5.41, 5.74) is 1.36. The third kappa shape index (κ3) is 6.23. The number of carbonyl (C=O) groups is 3. The molecule has 0 aromatic heterocycles. The van der Waals surface area contributed by atoms with Crippen LogP contribution in [-0.2, 0) is 14.4 Å². The summed E-state index contributed by atoms with van der Waals surface area (Å²) in [6.07, 6.45) is 1.06.